The van der Waals surface area contributed by atoms with Gasteiger partial charge in [0.2, 0.25) is 10.0 Å². The summed E-state index contributed by atoms with van der Waals surface area (Å²) in [4.78, 5) is 3.94. The van der Waals surface area contributed by atoms with E-state index in [1.54, 1.807) is 6.07 Å². The molecule has 0 spiro atoms. The second-order valence-electron chi connectivity index (χ2n) is 3.77. The topological polar surface area (TPSA) is 79.0 Å². The van der Waals surface area contributed by atoms with E-state index in [0.29, 0.717) is 10.3 Å². The molecule has 1 heterocycles. The lowest BCUT2D eigenvalue weighted by Crippen LogP contribution is -2.27. The Hall–Kier alpha value is -0.960. The molecule has 0 aliphatic carbocycles. The van der Waals surface area contributed by atoms with E-state index in [-0.39, 0.29) is 16.5 Å². The van der Waals surface area contributed by atoms with Crippen molar-refractivity contribution in [1.29, 1.82) is 0 Å². The molecule has 102 valence electrons. The number of nitrogens with zero attached hydrogens (tertiary/aromatic N) is 3. The van der Waals surface area contributed by atoms with Crippen LogP contribution in [-0.4, -0.2) is 35.0 Å². The van der Waals surface area contributed by atoms with Crippen molar-refractivity contribution < 1.29 is 8.42 Å². The number of nitrogens with one attached hydrogen (secondary N) is 1. The third-order valence-electron chi connectivity index (χ3n) is 2.42. The molecular weight excluding hydrogens is 356 g/mol. The molecule has 0 aliphatic heterocycles. The Morgan fingerprint density at radius 1 is 1.47 bits per heavy atom. The van der Waals surface area contributed by atoms with Crippen LogP contribution >= 0.6 is 27.5 Å². The fourth-order valence-corrected chi connectivity index (χ4v) is 3.59. The lowest BCUT2D eigenvalue weighted by Gasteiger charge is -2.16. The van der Waals surface area contributed by atoms with Crippen LogP contribution in [0, 0.1) is 0 Å². The lowest BCUT2D eigenvalue weighted by atomic mass is 10.4. The van der Waals surface area contributed by atoms with E-state index < -0.39 is 10.0 Å². The Morgan fingerprint density at radius 2 is 2.21 bits per heavy atom. The van der Waals surface area contributed by atoms with Crippen LogP contribution in [-0.2, 0) is 16.6 Å². The Kier molecular flexibility index (Phi) is 4.24. The minimum atomic E-state index is -3.67. The number of H-pyrrole nitrogens is 1. The molecule has 0 unspecified atom stereocenters. The predicted molar refractivity (Wildman–Crippen MR) is 74.2 cm³/mol. The van der Waals surface area contributed by atoms with Crippen LogP contribution in [0.3, 0.4) is 0 Å². The normalized spacial score (nSPS) is 12.0. The molecule has 0 fully saturated rings. The van der Waals surface area contributed by atoms with E-state index in [1.807, 2.05) is 0 Å². The van der Waals surface area contributed by atoms with Gasteiger partial charge in [0, 0.05) is 11.5 Å². The van der Waals surface area contributed by atoms with Gasteiger partial charge in [0.25, 0.3) is 0 Å². The quantitative estimate of drug-likeness (QED) is 0.899. The maximum Gasteiger partial charge on any atom is 0.244 e. The molecule has 0 bridgehead atoms. The zero-order valence-corrected chi connectivity index (χ0v) is 13.0. The van der Waals surface area contributed by atoms with Gasteiger partial charge in [-0.25, -0.2) is 13.4 Å². The SMILES string of the molecule is CN(Cc1ncn[nH]1)S(=O)(=O)c1ccc(Br)cc1Cl. The van der Waals surface area contributed by atoms with Gasteiger partial charge in [-0.05, 0) is 18.2 Å². The van der Waals surface area contributed by atoms with Crippen LogP contribution in [0.1, 0.15) is 5.82 Å². The first-order valence-electron chi connectivity index (χ1n) is 5.17. The van der Waals surface area contributed by atoms with Gasteiger partial charge in [0.05, 0.1) is 11.6 Å². The third-order valence-corrected chi connectivity index (χ3v) is 5.20. The van der Waals surface area contributed by atoms with Gasteiger partial charge in [0.15, 0.2) is 0 Å². The summed E-state index contributed by atoms with van der Waals surface area (Å²) in [5.41, 5.74) is 0. The summed E-state index contributed by atoms with van der Waals surface area (Å²) >= 11 is 9.20. The first kappa shape index (κ1) is 14.4. The van der Waals surface area contributed by atoms with Crippen molar-refractivity contribution in [1.82, 2.24) is 19.5 Å². The van der Waals surface area contributed by atoms with Crippen LogP contribution in [0.5, 0.6) is 0 Å². The fraction of sp³-hybridized carbons (Fsp3) is 0.200. The molecule has 0 amide bonds. The van der Waals surface area contributed by atoms with Crippen LogP contribution in [0.4, 0.5) is 0 Å². The number of halogens is 2. The van der Waals surface area contributed by atoms with E-state index in [4.69, 9.17) is 11.6 Å². The van der Waals surface area contributed by atoms with E-state index in [0.717, 1.165) is 4.31 Å². The summed E-state index contributed by atoms with van der Waals surface area (Å²) < 4.78 is 26.6. The second-order valence-corrected chi connectivity index (χ2v) is 7.10. The minimum Gasteiger partial charge on any atom is -0.262 e. The van der Waals surface area contributed by atoms with Gasteiger partial charge in [-0.2, -0.15) is 9.40 Å². The maximum absolute atomic E-state index is 12.4. The summed E-state index contributed by atoms with van der Waals surface area (Å²) in [6, 6.07) is 4.62. The molecule has 6 nitrogen and oxygen atoms in total. The van der Waals surface area contributed by atoms with Gasteiger partial charge in [-0.3, -0.25) is 5.10 Å². The summed E-state index contributed by atoms with van der Waals surface area (Å²) in [7, 11) is -2.22. The smallest absolute Gasteiger partial charge is 0.244 e. The van der Waals surface area contributed by atoms with Crippen molar-refractivity contribution >= 4 is 37.6 Å². The Morgan fingerprint density at radius 3 is 2.79 bits per heavy atom. The number of sulfonamides is 1. The van der Waals surface area contributed by atoms with Crippen LogP contribution < -0.4 is 0 Å². The summed E-state index contributed by atoms with van der Waals surface area (Å²) in [5.74, 6) is 0.458. The zero-order chi connectivity index (χ0) is 14.0. The Balaban J connectivity index is 2.31. The number of aromatic nitrogens is 3. The molecule has 0 aliphatic rings. The Bertz CT molecular complexity index is 675. The van der Waals surface area contributed by atoms with E-state index in [2.05, 4.69) is 31.1 Å². The zero-order valence-electron chi connectivity index (χ0n) is 9.84. The van der Waals surface area contributed by atoms with Gasteiger partial charge < -0.3 is 0 Å². The Labute approximate surface area is 124 Å². The molecule has 1 N–H and O–H groups in total. The first-order chi connectivity index (χ1) is 8.91. The van der Waals surface area contributed by atoms with Crippen molar-refractivity contribution in [2.24, 2.45) is 0 Å². The van der Waals surface area contributed by atoms with Gasteiger partial charge in [-0.15, -0.1) is 0 Å². The van der Waals surface area contributed by atoms with E-state index >= 15 is 0 Å². The molecule has 0 saturated heterocycles. The maximum atomic E-state index is 12.4. The molecule has 1 aromatic heterocycles. The highest BCUT2D eigenvalue weighted by molar-refractivity contribution is 9.10. The number of rotatable bonds is 4. The van der Waals surface area contributed by atoms with Crippen LogP contribution in [0.25, 0.3) is 0 Å². The molecular formula is C10H10BrClN4O2S. The summed E-state index contributed by atoms with van der Waals surface area (Å²) in [6.45, 7) is 0.0920. The van der Waals surface area contributed by atoms with Crippen molar-refractivity contribution in [3.63, 3.8) is 0 Å². The second kappa shape index (κ2) is 5.58. The van der Waals surface area contributed by atoms with Gasteiger partial charge in [-0.1, -0.05) is 27.5 Å². The van der Waals surface area contributed by atoms with E-state index in [9.17, 15) is 8.42 Å². The first-order valence-corrected chi connectivity index (χ1v) is 7.78. The van der Waals surface area contributed by atoms with Gasteiger partial charge in [0.1, 0.15) is 17.0 Å². The molecule has 2 rings (SSSR count). The summed E-state index contributed by atoms with van der Waals surface area (Å²) in [5, 5.41) is 6.44. The number of aromatic amines is 1. The average Bonchev–Trinajstić information content (AvgIpc) is 2.81. The monoisotopic (exact) mass is 364 g/mol. The molecule has 1 aromatic carbocycles. The number of hydrogen-bond donors (Lipinski definition) is 1. The highest BCUT2D eigenvalue weighted by Gasteiger charge is 2.24. The lowest BCUT2D eigenvalue weighted by molar-refractivity contribution is 0.457. The molecule has 0 radical (unpaired) electrons. The number of hydrogen-bond acceptors (Lipinski definition) is 4. The van der Waals surface area contributed by atoms with Crippen molar-refractivity contribution in [3.8, 4) is 0 Å². The standard InChI is InChI=1S/C10H10BrClN4O2S/c1-16(5-10-13-6-14-15-10)19(17,18)9-3-2-7(11)4-8(9)12/h2-4,6H,5H2,1H3,(H,13,14,15). The molecule has 2 aromatic rings. The highest BCUT2D eigenvalue weighted by atomic mass is 79.9. The van der Waals surface area contributed by atoms with Gasteiger partial charge >= 0.3 is 0 Å². The molecule has 0 saturated carbocycles. The fourth-order valence-electron chi connectivity index (χ4n) is 1.46. The summed E-state index contributed by atoms with van der Waals surface area (Å²) in [6.07, 6.45) is 1.32. The van der Waals surface area contributed by atoms with Crippen LogP contribution in [0.2, 0.25) is 5.02 Å². The molecule has 0 atom stereocenters. The van der Waals surface area contributed by atoms with Crippen molar-refractivity contribution in [2.75, 3.05) is 7.05 Å². The number of benzene rings is 1. The van der Waals surface area contributed by atoms with Crippen molar-refractivity contribution in [2.45, 2.75) is 11.4 Å². The predicted octanol–water partition coefficient (Wildman–Crippen LogP) is 2.04. The van der Waals surface area contributed by atoms with Crippen LogP contribution in [0.15, 0.2) is 33.9 Å². The highest BCUT2D eigenvalue weighted by Crippen LogP contribution is 2.27. The van der Waals surface area contributed by atoms with E-state index in [1.165, 1.54) is 25.5 Å². The third kappa shape index (κ3) is 3.14. The largest absolute Gasteiger partial charge is 0.262 e. The minimum absolute atomic E-state index is 0.0550. The molecule has 9 heteroatoms. The average molecular weight is 366 g/mol. The van der Waals surface area contributed by atoms with Crippen molar-refractivity contribution in [3.05, 3.63) is 39.8 Å². The molecule has 19 heavy (non-hydrogen) atoms.